The number of hydrogen-bond acceptors (Lipinski definition) is 3. The molecule has 5 nitrogen and oxygen atoms in total. The van der Waals surface area contributed by atoms with E-state index in [9.17, 15) is 9.59 Å². The van der Waals surface area contributed by atoms with Gasteiger partial charge in [-0.15, -0.1) is 0 Å². The largest absolute Gasteiger partial charge is 0.478 e. The Morgan fingerprint density at radius 3 is 2.45 bits per heavy atom. The first-order chi connectivity index (χ1) is 5.06. The summed E-state index contributed by atoms with van der Waals surface area (Å²) in [6.07, 6.45) is 0.804. The van der Waals surface area contributed by atoms with Gasteiger partial charge in [0.25, 0.3) is 0 Å². The lowest BCUT2D eigenvalue weighted by Gasteiger charge is -1.96. The Morgan fingerprint density at radius 2 is 2.09 bits per heavy atom. The van der Waals surface area contributed by atoms with Crippen LogP contribution in [0, 0.1) is 0 Å². The van der Waals surface area contributed by atoms with Gasteiger partial charge in [-0.3, -0.25) is 10.0 Å². The first-order valence-electron chi connectivity index (χ1n) is 2.89. The SMILES string of the molecule is C/C(=C\C(=O)O)CC(=O)NO. The fourth-order valence-electron chi connectivity index (χ4n) is 0.555. The van der Waals surface area contributed by atoms with E-state index in [1.807, 2.05) is 0 Å². The van der Waals surface area contributed by atoms with E-state index in [2.05, 4.69) is 0 Å². The second-order valence-electron chi connectivity index (χ2n) is 2.04. The van der Waals surface area contributed by atoms with Crippen LogP contribution in [0.4, 0.5) is 0 Å². The number of carboxylic acid groups (broad SMARTS) is 1. The van der Waals surface area contributed by atoms with Crippen LogP contribution in [0.2, 0.25) is 0 Å². The molecule has 0 aromatic heterocycles. The Morgan fingerprint density at radius 1 is 1.55 bits per heavy atom. The lowest BCUT2D eigenvalue weighted by atomic mass is 10.2. The highest BCUT2D eigenvalue weighted by Crippen LogP contribution is 1.97. The summed E-state index contributed by atoms with van der Waals surface area (Å²) in [4.78, 5) is 20.4. The molecule has 0 aliphatic carbocycles. The van der Waals surface area contributed by atoms with Gasteiger partial charge in [0.15, 0.2) is 0 Å². The molecule has 0 saturated carbocycles. The molecule has 1 amide bonds. The van der Waals surface area contributed by atoms with Crippen LogP contribution in [0.1, 0.15) is 13.3 Å². The molecule has 0 bridgehead atoms. The molecule has 5 heteroatoms. The van der Waals surface area contributed by atoms with E-state index < -0.39 is 11.9 Å². The third-order valence-electron chi connectivity index (χ3n) is 0.934. The van der Waals surface area contributed by atoms with Crippen molar-refractivity contribution in [2.75, 3.05) is 0 Å². The maximum Gasteiger partial charge on any atom is 0.328 e. The molecule has 0 rings (SSSR count). The minimum absolute atomic E-state index is 0.108. The molecule has 0 radical (unpaired) electrons. The van der Waals surface area contributed by atoms with Gasteiger partial charge in [0, 0.05) is 6.08 Å². The van der Waals surface area contributed by atoms with E-state index in [0.717, 1.165) is 6.08 Å². The lowest BCUT2D eigenvalue weighted by Crippen LogP contribution is -2.18. The summed E-state index contributed by atoms with van der Waals surface area (Å²) < 4.78 is 0. The minimum Gasteiger partial charge on any atom is -0.478 e. The molecule has 0 fully saturated rings. The van der Waals surface area contributed by atoms with Crippen molar-refractivity contribution < 1.29 is 19.9 Å². The number of amides is 1. The zero-order valence-electron chi connectivity index (χ0n) is 6.00. The predicted octanol–water partition coefficient (Wildman–Crippen LogP) is -0.0872. The van der Waals surface area contributed by atoms with Crippen molar-refractivity contribution in [3.05, 3.63) is 11.6 Å². The highest BCUT2D eigenvalue weighted by molar-refractivity contribution is 5.83. The van der Waals surface area contributed by atoms with E-state index in [1.54, 1.807) is 0 Å². The third kappa shape index (κ3) is 5.10. The molecule has 0 unspecified atom stereocenters. The average molecular weight is 159 g/mol. The summed E-state index contributed by atoms with van der Waals surface area (Å²) in [5.41, 5.74) is 1.78. The maximum atomic E-state index is 10.4. The normalized spacial score (nSPS) is 10.9. The Kier molecular flexibility index (Phi) is 3.90. The van der Waals surface area contributed by atoms with Gasteiger partial charge >= 0.3 is 5.97 Å². The molecule has 3 N–H and O–H groups in total. The Labute approximate surface area is 63.3 Å². The van der Waals surface area contributed by atoms with Crippen LogP contribution >= 0.6 is 0 Å². The first kappa shape index (κ1) is 9.64. The summed E-state index contributed by atoms with van der Waals surface area (Å²) >= 11 is 0. The number of aliphatic carboxylic acids is 1. The number of carbonyl (C=O) groups is 2. The van der Waals surface area contributed by atoms with E-state index in [1.165, 1.54) is 12.4 Å². The molecule has 0 aliphatic rings. The summed E-state index contributed by atoms with van der Waals surface area (Å²) in [7, 11) is 0. The van der Waals surface area contributed by atoms with Gasteiger partial charge in [0.1, 0.15) is 0 Å². The quantitative estimate of drug-likeness (QED) is 0.305. The van der Waals surface area contributed by atoms with E-state index in [-0.39, 0.29) is 6.42 Å². The summed E-state index contributed by atoms with van der Waals surface area (Å²) in [6.45, 7) is 1.49. The predicted molar refractivity (Wildman–Crippen MR) is 35.9 cm³/mol. The Hall–Kier alpha value is -1.36. The van der Waals surface area contributed by atoms with Gasteiger partial charge in [-0.1, -0.05) is 5.57 Å². The third-order valence-corrected chi connectivity index (χ3v) is 0.934. The Balaban J connectivity index is 3.96. The number of hydroxylamine groups is 1. The fraction of sp³-hybridized carbons (Fsp3) is 0.333. The van der Waals surface area contributed by atoms with Crippen molar-refractivity contribution in [2.24, 2.45) is 0 Å². The molecule has 0 aliphatic heterocycles. The second kappa shape index (κ2) is 4.45. The summed E-state index contributed by atoms with van der Waals surface area (Å²) in [5, 5.41) is 16.2. The smallest absolute Gasteiger partial charge is 0.328 e. The van der Waals surface area contributed by atoms with E-state index in [4.69, 9.17) is 10.3 Å². The standard InChI is InChI=1S/C6H9NO4/c1-4(3-6(9)10)2-5(8)7-11/h3,11H,2H2,1H3,(H,7,8)(H,9,10)/b4-3+. The molecule has 11 heavy (non-hydrogen) atoms. The summed E-state index contributed by atoms with van der Waals surface area (Å²) in [6, 6.07) is 0. The van der Waals surface area contributed by atoms with Crippen LogP contribution < -0.4 is 5.48 Å². The number of nitrogens with one attached hydrogen (secondary N) is 1. The van der Waals surface area contributed by atoms with Gasteiger partial charge in [0.05, 0.1) is 6.42 Å². The molecule has 0 spiro atoms. The number of carbonyl (C=O) groups excluding carboxylic acids is 1. The monoisotopic (exact) mass is 159 g/mol. The first-order valence-corrected chi connectivity index (χ1v) is 2.89. The van der Waals surface area contributed by atoms with Crippen LogP contribution in [0.5, 0.6) is 0 Å². The van der Waals surface area contributed by atoms with Gasteiger partial charge in [-0.25, -0.2) is 10.3 Å². The second-order valence-corrected chi connectivity index (χ2v) is 2.04. The van der Waals surface area contributed by atoms with Crippen LogP contribution in [0.25, 0.3) is 0 Å². The van der Waals surface area contributed by atoms with E-state index >= 15 is 0 Å². The van der Waals surface area contributed by atoms with Crippen LogP contribution in [-0.2, 0) is 9.59 Å². The molecule has 62 valence electrons. The number of rotatable bonds is 3. The molecule has 0 aromatic rings. The van der Waals surface area contributed by atoms with Crippen molar-refractivity contribution in [1.29, 1.82) is 0 Å². The number of carboxylic acids is 1. The van der Waals surface area contributed by atoms with Crippen molar-refractivity contribution in [1.82, 2.24) is 5.48 Å². The molecule has 0 atom stereocenters. The van der Waals surface area contributed by atoms with Crippen molar-refractivity contribution in [3.63, 3.8) is 0 Å². The maximum absolute atomic E-state index is 10.4. The zero-order valence-corrected chi connectivity index (χ0v) is 6.00. The van der Waals surface area contributed by atoms with Crippen molar-refractivity contribution in [2.45, 2.75) is 13.3 Å². The lowest BCUT2D eigenvalue weighted by molar-refractivity contribution is -0.131. The molecule has 0 aromatic carbocycles. The molecule has 0 heterocycles. The van der Waals surface area contributed by atoms with E-state index in [0.29, 0.717) is 5.57 Å². The average Bonchev–Trinajstić information content (AvgIpc) is 1.85. The topological polar surface area (TPSA) is 86.6 Å². The minimum atomic E-state index is -1.10. The summed E-state index contributed by atoms with van der Waals surface area (Å²) in [5.74, 6) is -1.73. The van der Waals surface area contributed by atoms with Gasteiger partial charge in [-0.05, 0) is 6.92 Å². The van der Waals surface area contributed by atoms with Crippen LogP contribution in [0.3, 0.4) is 0 Å². The number of hydrogen-bond donors (Lipinski definition) is 3. The van der Waals surface area contributed by atoms with Crippen molar-refractivity contribution in [3.8, 4) is 0 Å². The Bertz CT molecular complexity index is 197. The van der Waals surface area contributed by atoms with Gasteiger partial charge < -0.3 is 5.11 Å². The molecular weight excluding hydrogens is 150 g/mol. The van der Waals surface area contributed by atoms with Gasteiger partial charge in [0.2, 0.25) is 5.91 Å². The van der Waals surface area contributed by atoms with Crippen LogP contribution in [-0.4, -0.2) is 22.2 Å². The zero-order chi connectivity index (χ0) is 8.85. The highest BCUT2D eigenvalue weighted by atomic mass is 16.5. The fourth-order valence-corrected chi connectivity index (χ4v) is 0.555. The van der Waals surface area contributed by atoms with Gasteiger partial charge in [-0.2, -0.15) is 0 Å². The van der Waals surface area contributed by atoms with Crippen LogP contribution in [0.15, 0.2) is 11.6 Å². The molecule has 0 saturated heterocycles. The van der Waals surface area contributed by atoms with Crippen molar-refractivity contribution >= 4 is 11.9 Å². The molecular formula is C6H9NO4. The highest BCUT2D eigenvalue weighted by Gasteiger charge is 2.01.